The van der Waals surface area contributed by atoms with Gasteiger partial charge in [-0.25, -0.2) is 0 Å². The van der Waals surface area contributed by atoms with Crippen LogP contribution < -0.4 is 0 Å². The first-order chi connectivity index (χ1) is 6.59. The van der Waals surface area contributed by atoms with E-state index in [2.05, 4.69) is 11.9 Å². The lowest BCUT2D eigenvalue weighted by Crippen LogP contribution is -2.42. The summed E-state index contributed by atoms with van der Waals surface area (Å²) >= 11 is 0. The van der Waals surface area contributed by atoms with Crippen molar-refractivity contribution in [3.05, 3.63) is 0 Å². The second-order valence-corrected chi connectivity index (χ2v) is 4.91. The van der Waals surface area contributed by atoms with Crippen LogP contribution in [0.5, 0.6) is 0 Å². The van der Waals surface area contributed by atoms with Crippen LogP contribution >= 0.6 is 0 Å². The Morgan fingerprint density at radius 1 is 1.36 bits per heavy atom. The van der Waals surface area contributed by atoms with Crippen molar-refractivity contribution in [1.82, 2.24) is 4.90 Å². The number of fused-ring (bicyclic) bond motifs is 2. The predicted octanol–water partition coefficient (Wildman–Crippen LogP) is 1.58. The van der Waals surface area contributed by atoms with E-state index in [4.69, 9.17) is 5.11 Å². The average molecular weight is 197 g/mol. The fraction of sp³-hybridized carbons (Fsp3) is 0.909. The molecule has 1 N–H and O–H groups in total. The Bertz CT molecular complexity index is 227. The van der Waals surface area contributed by atoms with Crippen LogP contribution in [0.3, 0.4) is 0 Å². The summed E-state index contributed by atoms with van der Waals surface area (Å²) in [7, 11) is 2.18. The SMILES string of the molecule is CC(C(=O)O)C1CC2CCC(C1)N2C. The van der Waals surface area contributed by atoms with Gasteiger partial charge < -0.3 is 10.0 Å². The van der Waals surface area contributed by atoms with E-state index < -0.39 is 5.97 Å². The number of carboxylic acid groups (broad SMARTS) is 1. The van der Waals surface area contributed by atoms with Crippen molar-refractivity contribution in [1.29, 1.82) is 0 Å². The molecule has 0 spiro atoms. The number of carboxylic acids is 1. The Kier molecular flexibility index (Phi) is 2.52. The highest BCUT2D eigenvalue weighted by Gasteiger charge is 2.41. The van der Waals surface area contributed by atoms with Gasteiger partial charge in [-0.3, -0.25) is 4.79 Å². The van der Waals surface area contributed by atoms with E-state index in [0.717, 1.165) is 12.8 Å². The molecule has 0 aromatic rings. The molecule has 2 aliphatic heterocycles. The van der Waals surface area contributed by atoms with E-state index in [1.807, 2.05) is 6.92 Å². The molecule has 3 atom stereocenters. The Hall–Kier alpha value is -0.570. The molecule has 3 nitrogen and oxygen atoms in total. The largest absolute Gasteiger partial charge is 0.481 e. The molecule has 2 rings (SSSR count). The molecule has 3 heteroatoms. The lowest BCUT2D eigenvalue weighted by molar-refractivity contribution is -0.143. The Balaban J connectivity index is 2.02. The van der Waals surface area contributed by atoms with Gasteiger partial charge in [-0.2, -0.15) is 0 Å². The van der Waals surface area contributed by atoms with Gasteiger partial charge in [0, 0.05) is 12.1 Å². The number of hydrogen-bond acceptors (Lipinski definition) is 2. The van der Waals surface area contributed by atoms with Crippen molar-refractivity contribution in [2.45, 2.75) is 44.7 Å². The zero-order chi connectivity index (χ0) is 10.3. The first kappa shape index (κ1) is 9.97. The minimum Gasteiger partial charge on any atom is -0.481 e. The highest BCUT2D eigenvalue weighted by Crippen LogP contribution is 2.40. The Morgan fingerprint density at radius 2 is 1.86 bits per heavy atom. The average Bonchev–Trinajstić information content (AvgIpc) is 2.42. The summed E-state index contributed by atoms with van der Waals surface area (Å²) in [5.41, 5.74) is 0. The summed E-state index contributed by atoms with van der Waals surface area (Å²) < 4.78 is 0. The van der Waals surface area contributed by atoms with Gasteiger partial charge in [0.2, 0.25) is 0 Å². The Labute approximate surface area is 85.1 Å². The fourth-order valence-corrected chi connectivity index (χ4v) is 3.06. The zero-order valence-corrected chi connectivity index (χ0v) is 8.94. The van der Waals surface area contributed by atoms with Gasteiger partial charge in [0.25, 0.3) is 0 Å². The van der Waals surface area contributed by atoms with Crippen LogP contribution in [0, 0.1) is 11.8 Å². The molecule has 0 aromatic carbocycles. The maximum Gasteiger partial charge on any atom is 0.306 e. The summed E-state index contributed by atoms with van der Waals surface area (Å²) in [5.74, 6) is -0.382. The molecular formula is C11H19NO2. The first-order valence-corrected chi connectivity index (χ1v) is 5.54. The fourth-order valence-electron chi connectivity index (χ4n) is 3.06. The van der Waals surface area contributed by atoms with Crippen LogP contribution in [0.4, 0.5) is 0 Å². The number of piperidine rings is 1. The van der Waals surface area contributed by atoms with Crippen LogP contribution in [0.25, 0.3) is 0 Å². The summed E-state index contributed by atoms with van der Waals surface area (Å²) in [4.78, 5) is 13.3. The highest BCUT2D eigenvalue weighted by atomic mass is 16.4. The lowest BCUT2D eigenvalue weighted by atomic mass is 9.82. The van der Waals surface area contributed by atoms with Crippen molar-refractivity contribution < 1.29 is 9.90 Å². The summed E-state index contributed by atoms with van der Waals surface area (Å²) in [6.45, 7) is 1.86. The van der Waals surface area contributed by atoms with Crippen molar-refractivity contribution in [2.75, 3.05) is 7.05 Å². The standard InChI is InChI=1S/C11H19NO2/c1-7(11(13)14)8-5-9-3-4-10(6-8)12(9)2/h7-10H,3-6H2,1-2H3,(H,13,14). The summed E-state index contributed by atoms with van der Waals surface area (Å²) in [5, 5.41) is 8.98. The number of nitrogens with zero attached hydrogens (tertiary/aromatic N) is 1. The van der Waals surface area contributed by atoms with Crippen molar-refractivity contribution >= 4 is 5.97 Å². The van der Waals surface area contributed by atoms with Crippen LogP contribution in [-0.4, -0.2) is 35.1 Å². The third-order valence-electron chi connectivity index (χ3n) is 4.23. The lowest BCUT2D eigenvalue weighted by Gasteiger charge is -2.37. The molecular weight excluding hydrogens is 178 g/mol. The van der Waals surface area contributed by atoms with Gasteiger partial charge in [0.1, 0.15) is 0 Å². The molecule has 0 amide bonds. The van der Waals surface area contributed by atoms with Crippen molar-refractivity contribution in [2.24, 2.45) is 11.8 Å². The predicted molar refractivity (Wildman–Crippen MR) is 54.1 cm³/mol. The molecule has 14 heavy (non-hydrogen) atoms. The molecule has 2 fully saturated rings. The van der Waals surface area contributed by atoms with Gasteiger partial charge >= 0.3 is 5.97 Å². The molecule has 0 radical (unpaired) electrons. The molecule has 3 unspecified atom stereocenters. The highest BCUT2D eigenvalue weighted by molar-refractivity contribution is 5.69. The number of hydrogen-bond donors (Lipinski definition) is 1. The summed E-state index contributed by atoms with van der Waals surface area (Å²) in [6, 6.07) is 1.31. The van der Waals surface area contributed by atoms with E-state index in [-0.39, 0.29) is 5.92 Å². The number of rotatable bonds is 2. The minimum atomic E-state index is -0.626. The third-order valence-corrected chi connectivity index (χ3v) is 4.23. The van der Waals surface area contributed by atoms with Gasteiger partial charge in [0.05, 0.1) is 5.92 Å². The molecule has 80 valence electrons. The van der Waals surface area contributed by atoms with Gasteiger partial charge in [-0.15, -0.1) is 0 Å². The number of carbonyl (C=O) groups is 1. The number of aliphatic carboxylic acids is 1. The van der Waals surface area contributed by atoms with Crippen LogP contribution in [-0.2, 0) is 4.79 Å². The second kappa shape index (κ2) is 3.54. The first-order valence-electron chi connectivity index (χ1n) is 5.54. The van der Waals surface area contributed by atoms with Crippen LogP contribution in [0.2, 0.25) is 0 Å². The Morgan fingerprint density at radius 3 is 2.29 bits per heavy atom. The summed E-state index contributed by atoms with van der Waals surface area (Å²) in [6.07, 6.45) is 4.70. The quantitative estimate of drug-likeness (QED) is 0.730. The normalized spacial score (nSPS) is 39.7. The van der Waals surface area contributed by atoms with Crippen LogP contribution in [0.15, 0.2) is 0 Å². The van der Waals surface area contributed by atoms with E-state index in [9.17, 15) is 4.79 Å². The monoisotopic (exact) mass is 197 g/mol. The van der Waals surface area contributed by atoms with Gasteiger partial charge in [0.15, 0.2) is 0 Å². The zero-order valence-electron chi connectivity index (χ0n) is 8.94. The maximum absolute atomic E-state index is 10.9. The molecule has 2 saturated heterocycles. The van der Waals surface area contributed by atoms with Gasteiger partial charge in [-0.05, 0) is 38.6 Å². The molecule has 0 aromatic heterocycles. The van der Waals surface area contributed by atoms with Gasteiger partial charge in [-0.1, -0.05) is 6.92 Å². The topological polar surface area (TPSA) is 40.5 Å². The van der Waals surface area contributed by atoms with E-state index in [1.165, 1.54) is 12.8 Å². The van der Waals surface area contributed by atoms with Crippen LogP contribution in [0.1, 0.15) is 32.6 Å². The van der Waals surface area contributed by atoms with E-state index in [0.29, 0.717) is 18.0 Å². The third kappa shape index (κ3) is 1.54. The molecule has 2 aliphatic rings. The van der Waals surface area contributed by atoms with Crippen molar-refractivity contribution in [3.63, 3.8) is 0 Å². The van der Waals surface area contributed by atoms with Crippen molar-refractivity contribution in [3.8, 4) is 0 Å². The molecule has 2 bridgehead atoms. The smallest absolute Gasteiger partial charge is 0.306 e. The second-order valence-electron chi connectivity index (χ2n) is 4.91. The van der Waals surface area contributed by atoms with E-state index >= 15 is 0 Å². The molecule has 0 aliphatic carbocycles. The minimum absolute atomic E-state index is 0.160. The maximum atomic E-state index is 10.9. The molecule has 2 heterocycles. The molecule has 0 saturated carbocycles. The van der Waals surface area contributed by atoms with E-state index in [1.54, 1.807) is 0 Å².